The van der Waals surface area contributed by atoms with Crippen LogP contribution in [0.2, 0.25) is 0 Å². The first-order valence-electron chi connectivity index (χ1n) is 7.38. The van der Waals surface area contributed by atoms with Crippen LogP contribution in [-0.4, -0.2) is 37.7 Å². The fourth-order valence-corrected chi connectivity index (χ4v) is 2.51. The smallest absolute Gasteiger partial charge is 0.0593 e. The molecule has 0 spiro atoms. The Morgan fingerprint density at radius 3 is 2.53 bits per heavy atom. The van der Waals surface area contributed by atoms with Gasteiger partial charge >= 0.3 is 0 Å². The molecule has 0 heterocycles. The maximum Gasteiger partial charge on any atom is 0.0593 e. The van der Waals surface area contributed by atoms with E-state index in [4.69, 9.17) is 10.5 Å². The van der Waals surface area contributed by atoms with E-state index in [-0.39, 0.29) is 0 Å². The number of aryl methyl sites for hydroxylation is 1. The van der Waals surface area contributed by atoms with E-state index in [0.717, 1.165) is 32.7 Å². The van der Waals surface area contributed by atoms with Gasteiger partial charge in [-0.3, -0.25) is 4.90 Å². The normalized spacial score (nSPS) is 12.9. The molecule has 0 fully saturated rings. The summed E-state index contributed by atoms with van der Waals surface area (Å²) in [6, 6.07) is 8.91. The molecule has 1 aromatic carbocycles. The molecule has 0 aliphatic rings. The van der Waals surface area contributed by atoms with Crippen molar-refractivity contribution in [3.63, 3.8) is 0 Å². The highest BCUT2D eigenvalue weighted by Crippen LogP contribution is 2.23. The molecule has 19 heavy (non-hydrogen) atoms. The Labute approximate surface area is 117 Å². The first-order valence-corrected chi connectivity index (χ1v) is 7.38. The second-order valence-corrected chi connectivity index (χ2v) is 4.63. The quantitative estimate of drug-likeness (QED) is 0.697. The first kappa shape index (κ1) is 16.2. The van der Waals surface area contributed by atoms with Gasteiger partial charge in [0.05, 0.1) is 6.61 Å². The average molecular weight is 264 g/mol. The third kappa shape index (κ3) is 4.60. The zero-order chi connectivity index (χ0) is 14.1. The Morgan fingerprint density at radius 1 is 1.21 bits per heavy atom. The summed E-state index contributed by atoms with van der Waals surface area (Å²) in [6.07, 6.45) is 1.05. The van der Waals surface area contributed by atoms with Gasteiger partial charge in [0.2, 0.25) is 0 Å². The summed E-state index contributed by atoms with van der Waals surface area (Å²) in [5, 5.41) is 0. The lowest BCUT2D eigenvalue weighted by Crippen LogP contribution is -2.36. The van der Waals surface area contributed by atoms with Gasteiger partial charge in [0, 0.05) is 25.7 Å². The number of rotatable bonds is 9. The Kier molecular flexibility index (Phi) is 7.72. The van der Waals surface area contributed by atoms with Crippen LogP contribution < -0.4 is 5.73 Å². The lowest BCUT2D eigenvalue weighted by atomic mass is 9.97. The van der Waals surface area contributed by atoms with Gasteiger partial charge in [-0.2, -0.15) is 0 Å². The summed E-state index contributed by atoms with van der Waals surface area (Å²) < 4.78 is 5.47. The van der Waals surface area contributed by atoms with Crippen molar-refractivity contribution in [1.29, 1.82) is 0 Å². The SMILES string of the molecule is CCOCCN(CC)C(CN)c1ccccc1CC. The highest BCUT2D eigenvalue weighted by atomic mass is 16.5. The molecule has 1 atom stereocenters. The van der Waals surface area contributed by atoms with Gasteiger partial charge in [-0.25, -0.2) is 0 Å². The standard InChI is InChI=1S/C16H28N2O/c1-4-14-9-7-8-10-15(14)16(13-17)18(5-2)11-12-19-6-3/h7-10,16H,4-6,11-13,17H2,1-3H3. The van der Waals surface area contributed by atoms with Crippen LogP contribution in [0.1, 0.15) is 37.9 Å². The molecule has 0 saturated heterocycles. The molecule has 0 aromatic heterocycles. The Hall–Kier alpha value is -0.900. The molecular weight excluding hydrogens is 236 g/mol. The van der Waals surface area contributed by atoms with Gasteiger partial charge < -0.3 is 10.5 Å². The molecule has 1 aromatic rings. The molecule has 1 rings (SSSR count). The molecule has 0 bridgehead atoms. The molecule has 0 saturated carbocycles. The molecule has 3 heteroatoms. The third-order valence-electron chi connectivity index (χ3n) is 3.59. The van der Waals surface area contributed by atoms with Crippen LogP contribution in [-0.2, 0) is 11.2 Å². The number of ether oxygens (including phenoxy) is 1. The van der Waals surface area contributed by atoms with Crippen LogP contribution in [0.5, 0.6) is 0 Å². The highest BCUT2D eigenvalue weighted by molar-refractivity contribution is 5.30. The summed E-state index contributed by atoms with van der Waals surface area (Å²) in [5.41, 5.74) is 8.79. The Balaban J connectivity index is 2.84. The number of nitrogens with two attached hydrogens (primary N) is 1. The summed E-state index contributed by atoms with van der Waals surface area (Å²) >= 11 is 0. The Morgan fingerprint density at radius 2 is 1.95 bits per heavy atom. The average Bonchev–Trinajstić information content (AvgIpc) is 2.47. The van der Waals surface area contributed by atoms with E-state index in [1.165, 1.54) is 11.1 Å². The number of likely N-dealkylation sites (N-methyl/N-ethyl adjacent to an activating group) is 1. The maximum atomic E-state index is 6.03. The first-order chi connectivity index (χ1) is 9.28. The van der Waals surface area contributed by atoms with E-state index < -0.39 is 0 Å². The number of nitrogens with zero attached hydrogens (tertiary/aromatic N) is 1. The van der Waals surface area contributed by atoms with Crippen LogP contribution in [0, 0.1) is 0 Å². The van der Waals surface area contributed by atoms with Crippen molar-refractivity contribution in [2.75, 3.05) is 32.8 Å². The van der Waals surface area contributed by atoms with Crippen molar-refractivity contribution >= 4 is 0 Å². The predicted molar refractivity (Wildman–Crippen MR) is 81.4 cm³/mol. The van der Waals surface area contributed by atoms with E-state index >= 15 is 0 Å². The minimum absolute atomic E-state index is 0.293. The van der Waals surface area contributed by atoms with Crippen molar-refractivity contribution in [2.24, 2.45) is 5.73 Å². The molecule has 0 aliphatic carbocycles. The van der Waals surface area contributed by atoms with Gasteiger partial charge in [-0.05, 0) is 31.0 Å². The third-order valence-corrected chi connectivity index (χ3v) is 3.59. The molecule has 3 nitrogen and oxygen atoms in total. The summed E-state index contributed by atoms with van der Waals surface area (Å²) in [7, 11) is 0. The minimum atomic E-state index is 0.293. The Bertz CT molecular complexity index is 354. The van der Waals surface area contributed by atoms with Gasteiger partial charge in [0.1, 0.15) is 0 Å². The fraction of sp³-hybridized carbons (Fsp3) is 0.625. The number of hydrogen-bond donors (Lipinski definition) is 1. The van der Waals surface area contributed by atoms with Crippen molar-refractivity contribution < 1.29 is 4.74 Å². The van der Waals surface area contributed by atoms with Gasteiger partial charge in [-0.1, -0.05) is 38.1 Å². The van der Waals surface area contributed by atoms with Gasteiger partial charge in [0.15, 0.2) is 0 Å². The second kappa shape index (κ2) is 9.08. The number of hydrogen-bond acceptors (Lipinski definition) is 3. The van der Waals surface area contributed by atoms with E-state index in [2.05, 4.69) is 43.0 Å². The largest absolute Gasteiger partial charge is 0.380 e. The van der Waals surface area contributed by atoms with Gasteiger partial charge in [0.25, 0.3) is 0 Å². The van der Waals surface area contributed by atoms with Crippen LogP contribution >= 0.6 is 0 Å². The summed E-state index contributed by atoms with van der Waals surface area (Å²) in [4.78, 5) is 2.41. The second-order valence-electron chi connectivity index (χ2n) is 4.63. The van der Waals surface area contributed by atoms with Crippen LogP contribution in [0.25, 0.3) is 0 Å². The van der Waals surface area contributed by atoms with Crippen LogP contribution in [0.4, 0.5) is 0 Å². The van der Waals surface area contributed by atoms with Gasteiger partial charge in [-0.15, -0.1) is 0 Å². The predicted octanol–water partition coefficient (Wildman–Crippen LogP) is 2.61. The van der Waals surface area contributed by atoms with Crippen LogP contribution in [0.3, 0.4) is 0 Å². The van der Waals surface area contributed by atoms with Crippen LogP contribution in [0.15, 0.2) is 24.3 Å². The molecule has 108 valence electrons. The van der Waals surface area contributed by atoms with Crippen molar-refractivity contribution in [3.05, 3.63) is 35.4 Å². The molecular formula is C16H28N2O. The van der Waals surface area contributed by atoms with E-state index in [9.17, 15) is 0 Å². The minimum Gasteiger partial charge on any atom is -0.380 e. The van der Waals surface area contributed by atoms with Crippen molar-refractivity contribution in [1.82, 2.24) is 4.90 Å². The van der Waals surface area contributed by atoms with E-state index in [1.54, 1.807) is 0 Å². The molecule has 2 N–H and O–H groups in total. The van der Waals surface area contributed by atoms with Crippen molar-refractivity contribution in [3.8, 4) is 0 Å². The lowest BCUT2D eigenvalue weighted by molar-refractivity contribution is 0.0979. The van der Waals surface area contributed by atoms with E-state index in [0.29, 0.717) is 12.6 Å². The molecule has 0 radical (unpaired) electrons. The van der Waals surface area contributed by atoms with Crippen molar-refractivity contribution in [2.45, 2.75) is 33.2 Å². The summed E-state index contributed by atoms with van der Waals surface area (Å²) in [5.74, 6) is 0. The zero-order valence-electron chi connectivity index (χ0n) is 12.6. The van der Waals surface area contributed by atoms with E-state index in [1.807, 2.05) is 6.92 Å². The number of benzene rings is 1. The summed E-state index contributed by atoms with van der Waals surface area (Å²) in [6.45, 7) is 10.5. The molecule has 0 amide bonds. The lowest BCUT2D eigenvalue weighted by Gasteiger charge is -2.31. The fourth-order valence-electron chi connectivity index (χ4n) is 2.51. The maximum absolute atomic E-state index is 6.03. The monoisotopic (exact) mass is 264 g/mol. The topological polar surface area (TPSA) is 38.5 Å². The molecule has 0 aliphatic heterocycles. The highest BCUT2D eigenvalue weighted by Gasteiger charge is 2.19. The zero-order valence-corrected chi connectivity index (χ0v) is 12.6. The molecule has 1 unspecified atom stereocenters.